The third-order valence-electron chi connectivity index (χ3n) is 5.28. The molecule has 0 bridgehead atoms. The van der Waals surface area contributed by atoms with Crippen molar-refractivity contribution < 1.29 is 0 Å². The fourth-order valence-electron chi connectivity index (χ4n) is 3.68. The monoisotopic (exact) mass is 382 g/mol. The molecule has 0 spiro atoms. The second-order valence-corrected chi connectivity index (χ2v) is 7.52. The molecule has 1 aromatic heterocycles. The number of hydrogen-bond donors (Lipinski definition) is 1. The van der Waals surface area contributed by atoms with Crippen molar-refractivity contribution >= 4 is 22.5 Å². The van der Waals surface area contributed by atoms with E-state index in [-0.39, 0.29) is 11.6 Å². The molecule has 1 aliphatic rings. The third kappa shape index (κ3) is 4.05. The molecule has 5 nitrogen and oxygen atoms in total. The molecular formula is C21H23ClN4O. The zero-order chi connectivity index (χ0) is 18.8. The molecule has 1 N–H and O–H groups in total. The predicted octanol–water partition coefficient (Wildman–Crippen LogP) is 3.46. The summed E-state index contributed by atoms with van der Waals surface area (Å²) in [6, 6.07) is 15.6. The van der Waals surface area contributed by atoms with Gasteiger partial charge in [0.15, 0.2) is 0 Å². The maximum Gasteiger partial charge on any atom is 0.258 e. The summed E-state index contributed by atoms with van der Waals surface area (Å²) in [4.78, 5) is 24.8. The van der Waals surface area contributed by atoms with Gasteiger partial charge in [-0.1, -0.05) is 35.9 Å². The van der Waals surface area contributed by atoms with Crippen LogP contribution >= 0.6 is 11.6 Å². The highest BCUT2D eigenvalue weighted by atomic mass is 35.5. The Kier molecular flexibility index (Phi) is 5.25. The first kappa shape index (κ1) is 18.2. The van der Waals surface area contributed by atoms with Gasteiger partial charge in [-0.15, -0.1) is 0 Å². The average molecular weight is 383 g/mol. The fourth-order valence-corrected chi connectivity index (χ4v) is 3.89. The lowest BCUT2D eigenvalue weighted by Gasteiger charge is -2.37. The molecule has 140 valence electrons. The van der Waals surface area contributed by atoms with E-state index >= 15 is 0 Å². The molecule has 0 aliphatic carbocycles. The van der Waals surface area contributed by atoms with Crippen molar-refractivity contribution in [3.05, 3.63) is 75.3 Å². The van der Waals surface area contributed by atoms with Crippen LogP contribution in [-0.2, 0) is 6.54 Å². The molecule has 4 rings (SSSR count). The average Bonchev–Trinajstić information content (AvgIpc) is 2.68. The number of piperazine rings is 1. The Morgan fingerprint density at radius 3 is 2.67 bits per heavy atom. The highest BCUT2D eigenvalue weighted by Crippen LogP contribution is 2.20. The Morgan fingerprint density at radius 1 is 1.11 bits per heavy atom. The van der Waals surface area contributed by atoms with Gasteiger partial charge in [0, 0.05) is 37.7 Å². The molecule has 2 heterocycles. The molecule has 0 radical (unpaired) electrons. The molecule has 6 heteroatoms. The second kappa shape index (κ2) is 7.80. The number of H-pyrrole nitrogens is 1. The van der Waals surface area contributed by atoms with Gasteiger partial charge in [0.25, 0.3) is 5.56 Å². The van der Waals surface area contributed by atoms with Gasteiger partial charge in [0.05, 0.1) is 16.9 Å². The Morgan fingerprint density at radius 2 is 1.89 bits per heavy atom. The summed E-state index contributed by atoms with van der Waals surface area (Å²) in [6.07, 6.45) is 0. The SMILES string of the molecule is CC(c1nc2ccccc2c(=O)[nH]1)N1CCN(Cc2cccc(Cl)c2)CC1. The Labute approximate surface area is 163 Å². The van der Waals surface area contributed by atoms with Gasteiger partial charge in [-0.3, -0.25) is 14.6 Å². The van der Waals surface area contributed by atoms with Crippen LogP contribution in [-0.4, -0.2) is 45.9 Å². The standard InChI is InChI=1S/C21H23ClN4O/c1-15(20-23-19-8-3-2-7-18(19)21(27)24-20)26-11-9-25(10-12-26)14-16-5-4-6-17(22)13-16/h2-8,13,15H,9-12,14H2,1H3,(H,23,24,27). The molecule has 1 atom stereocenters. The van der Waals surface area contributed by atoms with Crippen LogP contribution in [0, 0.1) is 0 Å². The zero-order valence-electron chi connectivity index (χ0n) is 15.4. The van der Waals surface area contributed by atoms with Crippen LogP contribution in [0.5, 0.6) is 0 Å². The van der Waals surface area contributed by atoms with Gasteiger partial charge in [-0.25, -0.2) is 4.98 Å². The van der Waals surface area contributed by atoms with Crippen molar-refractivity contribution in [2.45, 2.75) is 19.5 Å². The molecule has 2 aromatic carbocycles. The van der Waals surface area contributed by atoms with E-state index in [0.29, 0.717) is 5.39 Å². The van der Waals surface area contributed by atoms with E-state index in [4.69, 9.17) is 11.6 Å². The molecular weight excluding hydrogens is 360 g/mol. The smallest absolute Gasteiger partial charge is 0.258 e. The number of nitrogens with zero attached hydrogens (tertiary/aromatic N) is 3. The summed E-state index contributed by atoms with van der Waals surface area (Å²) >= 11 is 6.09. The summed E-state index contributed by atoms with van der Waals surface area (Å²) < 4.78 is 0. The van der Waals surface area contributed by atoms with Crippen molar-refractivity contribution in [3.63, 3.8) is 0 Å². The molecule has 1 saturated heterocycles. The van der Waals surface area contributed by atoms with Gasteiger partial charge < -0.3 is 4.98 Å². The number of fused-ring (bicyclic) bond motifs is 1. The molecule has 1 unspecified atom stereocenters. The van der Waals surface area contributed by atoms with Crippen molar-refractivity contribution in [2.24, 2.45) is 0 Å². The van der Waals surface area contributed by atoms with E-state index in [2.05, 4.69) is 32.8 Å². The lowest BCUT2D eigenvalue weighted by atomic mass is 10.1. The first-order valence-electron chi connectivity index (χ1n) is 9.30. The van der Waals surface area contributed by atoms with Crippen molar-refractivity contribution in [1.82, 2.24) is 19.8 Å². The molecule has 27 heavy (non-hydrogen) atoms. The minimum atomic E-state index is -0.0676. The number of benzene rings is 2. The number of para-hydroxylation sites is 1. The largest absolute Gasteiger partial charge is 0.309 e. The summed E-state index contributed by atoms with van der Waals surface area (Å²) in [5.74, 6) is 0.738. The van der Waals surface area contributed by atoms with Crippen LogP contribution in [0.3, 0.4) is 0 Å². The summed E-state index contributed by atoms with van der Waals surface area (Å²) in [6.45, 7) is 6.87. The zero-order valence-corrected chi connectivity index (χ0v) is 16.1. The van der Waals surface area contributed by atoms with E-state index in [1.807, 2.05) is 42.5 Å². The van der Waals surface area contributed by atoms with Crippen LogP contribution in [0.2, 0.25) is 5.02 Å². The molecule has 0 amide bonds. The van der Waals surface area contributed by atoms with E-state index in [1.165, 1.54) is 5.56 Å². The number of aromatic amines is 1. The van der Waals surface area contributed by atoms with E-state index in [1.54, 1.807) is 0 Å². The Bertz CT molecular complexity index is 995. The third-order valence-corrected chi connectivity index (χ3v) is 5.51. The highest BCUT2D eigenvalue weighted by molar-refractivity contribution is 6.30. The molecule has 1 aliphatic heterocycles. The number of aromatic nitrogens is 2. The number of halogens is 1. The van der Waals surface area contributed by atoms with Crippen LogP contribution in [0.25, 0.3) is 10.9 Å². The number of hydrogen-bond acceptors (Lipinski definition) is 4. The van der Waals surface area contributed by atoms with Crippen LogP contribution in [0.4, 0.5) is 0 Å². The van der Waals surface area contributed by atoms with Gasteiger partial charge in [-0.05, 0) is 36.8 Å². The predicted molar refractivity (Wildman–Crippen MR) is 109 cm³/mol. The van der Waals surface area contributed by atoms with Crippen molar-refractivity contribution in [3.8, 4) is 0 Å². The molecule has 0 saturated carbocycles. The van der Waals surface area contributed by atoms with Crippen molar-refractivity contribution in [1.29, 1.82) is 0 Å². The summed E-state index contributed by atoms with van der Waals surface area (Å²) in [5.41, 5.74) is 1.93. The Balaban J connectivity index is 1.43. The topological polar surface area (TPSA) is 52.2 Å². The lowest BCUT2D eigenvalue weighted by Crippen LogP contribution is -2.47. The van der Waals surface area contributed by atoms with E-state index in [0.717, 1.165) is 49.1 Å². The quantitative estimate of drug-likeness (QED) is 0.750. The molecule has 3 aromatic rings. The van der Waals surface area contributed by atoms with Crippen molar-refractivity contribution in [2.75, 3.05) is 26.2 Å². The van der Waals surface area contributed by atoms with E-state index in [9.17, 15) is 4.79 Å². The maximum absolute atomic E-state index is 12.3. The Hall–Kier alpha value is -2.21. The van der Waals surface area contributed by atoms with Gasteiger partial charge >= 0.3 is 0 Å². The maximum atomic E-state index is 12.3. The second-order valence-electron chi connectivity index (χ2n) is 7.09. The minimum absolute atomic E-state index is 0.0676. The lowest BCUT2D eigenvalue weighted by molar-refractivity contribution is 0.0948. The normalized spacial score (nSPS) is 17.3. The fraction of sp³-hybridized carbons (Fsp3) is 0.333. The summed E-state index contributed by atoms with van der Waals surface area (Å²) in [7, 11) is 0. The number of rotatable bonds is 4. The van der Waals surface area contributed by atoms with Gasteiger partial charge in [-0.2, -0.15) is 0 Å². The van der Waals surface area contributed by atoms with Gasteiger partial charge in [0.1, 0.15) is 5.82 Å². The van der Waals surface area contributed by atoms with Crippen LogP contribution in [0.1, 0.15) is 24.4 Å². The van der Waals surface area contributed by atoms with Crippen LogP contribution < -0.4 is 5.56 Å². The van der Waals surface area contributed by atoms with Gasteiger partial charge in [0.2, 0.25) is 0 Å². The minimum Gasteiger partial charge on any atom is -0.309 e. The number of nitrogens with one attached hydrogen (secondary N) is 1. The summed E-state index contributed by atoms with van der Waals surface area (Å²) in [5, 5.41) is 1.42. The van der Waals surface area contributed by atoms with Crippen LogP contribution in [0.15, 0.2) is 53.3 Å². The molecule has 1 fully saturated rings. The highest BCUT2D eigenvalue weighted by Gasteiger charge is 2.24. The first-order chi connectivity index (χ1) is 13.1. The van der Waals surface area contributed by atoms with E-state index < -0.39 is 0 Å². The first-order valence-corrected chi connectivity index (χ1v) is 9.68.